The first kappa shape index (κ1) is 28.4. The number of esters is 2. The second-order valence-corrected chi connectivity index (χ2v) is 9.00. The molecule has 4 N–H and O–H groups in total. The molecule has 0 amide bonds. The van der Waals surface area contributed by atoms with Gasteiger partial charge in [0, 0.05) is 27.1 Å². The maximum Gasteiger partial charge on any atom is 0.339 e. The van der Waals surface area contributed by atoms with Crippen LogP contribution in [-0.4, -0.2) is 45.7 Å². The fourth-order valence-electron chi connectivity index (χ4n) is 3.25. The Morgan fingerprint density at radius 3 is 2.17 bits per heavy atom. The van der Waals surface area contributed by atoms with Gasteiger partial charge in [-0.3, -0.25) is 0 Å². The van der Waals surface area contributed by atoms with Crippen molar-refractivity contribution < 1.29 is 28.5 Å². The second kappa shape index (κ2) is 13.9. The Hall–Kier alpha value is -2.81. The Balaban J connectivity index is 0.000000283. The first-order valence-electron chi connectivity index (χ1n) is 11.0. The highest BCUT2D eigenvalue weighted by molar-refractivity contribution is 14.1. The van der Waals surface area contributed by atoms with Crippen LogP contribution >= 0.6 is 22.6 Å². The zero-order valence-electron chi connectivity index (χ0n) is 20.4. The van der Waals surface area contributed by atoms with Gasteiger partial charge in [0.1, 0.15) is 6.61 Å². The molecular formula is C26H31IN2O6. The van der Waals surface area contributed by atoms with E-state index >= 15 is 0 Å². The lowest BCUT2D eigenvalue weighted by Gasteiger charge is -2.21. The largest absolute Gasteiger partial charge is 0.465 e. The average molecular weight is 594 g/mol. The smallest absolute Gasteiger partial charge is 0.339 e. The Morgan fingerprint density at radius 1 is 1.00 bits per heavy atom. The van der Waals surface area contributed by atoms with Gasteiger partial charge in [0.05, 0.1) is 25.3 Å². The van der Waals surface area contributed by atoms with Gasteiger partial charge in [-0.05, 0) is 91.1 Å². The van der Waals surface area contributed by atoms with Gasteiger partial charge in [-0.25, -0.2) is 9.59 Å². The fourth-order valence-corrected chi connectivity index (χ4v) is 3.72. The molecule has 0 radical (unpaired) electrons. The van der Waals surface area contributed by atoms with Crippen molar-refractivity contribution in [2.45, 2.75) is 39.4 Å². The number of aryl methyl sites for hydroxylation is 2. The van der Waals surface area contributed by atoms with Crippen LogP contribution in [0.3, 0.4) is 0 Å². The Morgan fingerprint density at radius 2 is 1.60 bits per heavy atom. The van der Waals surface area contributed by atoms with E-state index in [9.17, 15) is 9.59 Å². The van der Waals surface area contributed by atoms with Gasteiger partial charge < -0.3 is 30.4 Å². The zero-order valence-corrected chi connectivity index (χ0v) is 22.6. The van der Waals surface area contributed by atoms with E-state index in [4.69, 9.17) is 25.7 Å². The monoisotopic (exact) mass is 594 g/mol. The molecule has 9 heteroatoms. The van der Waals surface area contributed by atoms with Gasteiger partial charge in [-0.2, -0.15) is 0 Å². The minimum Gasteiger partial charge on any atom is -0.465 e. The van der Waals surface area contributed by atoms with Gasteiger partial charge in [0.25, 0.3) is 0 Å². The Bertz CT molecular complexity index is 1120. The van der Waals surface area contributed by atoms with E-state index in [0.29, 0.717) is 29.1 Å². The van der Waals surface area contributed by atoms with Crippen LogP contribution in [0.25, 0.3) is 0 Å². The third-order valence-electron chi connectivity index (χ3n) is 5.24. The summed E-state index contributed by atoms with van der Waals surface area (Å²) < 4.78 is 21.3. The molecule has 2 aromatic carbocycles. The molecule has 1 unspecified atom stereocenters. The molecule has 1 aliphatic heterocycles. The number of carbonyl (C=O) groups excluding carboxylic acids is 2. The predicted molar refractivity (Wildman–Crippen MR) is 143 cm³/mol. The van der Waals surface area contributed by atoms with Crippen molar-refractivity contribution in [3.8, 4) is 11.8 Å². The molecule has 188 valence electrons. The number of carbonyl (C=O) groups is 2. The van der Waals surface area contributed by atoms with E-state index in [0.717, 1.165) is 46.1 Å². The number of halogens is 1. The summed E-state index contributed by atoms with van der Waals surface area (Å²) in [7, 11) is 2.67. The fraction of sp³-hybridized carbons (Fsp3) is 0.385. The lowest BCUT2D eigenvalue weighted by molar-refractivity contribution is -0.154. The highest BCUT2D eigenvalue weighted by Crippen LogP contribution is 2.21. The maximum absolute atomic E-state index is 11.6. The van der Waals surface area contributed by atoms with Crippen molar-refractivity contribution in [3.05, 3.63) is 55.7 Å². The molecule has 1 aliphatic rings. The van der Waals surface area contributed by atoms with E-state index in [2.05, 4.69) is 39.2 Å². The highest BCUT2D eigenvalue weighted by atomic mass is 127. The van der Waals surface area contributed by atoms with E-state index in [-0.39, 0.29) is 6.29 Å². The summed E-state index contributed by atoms with van der Waals surface area (Å²) in [6, 6.07) is 6.88. The predicted octanol–water partition coefficient (Wildman–Crippen LogP) is 4.23. The zero-order chi connectivity index (χ0) is 26.0. The van der Waals surface area contributed by atoms with Crippen molar-refractivity contribution in [3.63, 3.8) is 0 Å². The molecule has 1 saturated heterocycles. The first-order valence-corrected chi connectivity index (χ1v) is 12.1. The number of hydrogen-bond acceptors (Lipinski definition) is 8. The molecule has 3 rings (SSSR count). The van der Waals surface area contributed by atoms with Gasteiger partial charge in [0.2, 0.25) is 0 Å². The van der Waals surface area contributed by atoms with Gasteiger partial charge in [-0.1, -0.05) is 11.8 Å². The minimum atomic E-state index is -0.465. The van der Waals surface area contributed by atoms with Crippen LogP contribution in [0.5, 0.6) is 0 Å². The summed E-state index contributed by atoms with van der Waals surface area (Å²) in [5.41, 5.74) is 15.8. The Kier molecular flexibility index (Phi) is 11.3. The van der Waals surface area contributed by atoms with Gasteiger partial charge in [-0.15, -0.1) is 0 Å². The molecule has 0 spiro atoms. The number of ether oxygens (including phenoxy) is 4. The molecule has 0 saturated carbocycles. The summed E-state index contributed by atoms with van der Waals surface area (Å²) >= 11 is 2.15. The molecule has 0 aliphatic carbocycles. The molecule has 0 bridgehead atoms. The van der Waals surface area contributed by atoms with Crippen LogP contribution in [0, 0.1) is 29.3 Å². The van der Waals surface area contributed by atoms with E-state index < -0.39 is 11.9 Å². The number of nitrogens with two attached hydrogens (primary N) is 2. The van der Waals surface area contributed by atoms with Crippen LogP contribution in [-0.2, 0) is 18.9 Å². The number of anilines is 2. The second-order valence-electron chi connectivity index (χ2n) is 7.84. The molecule has 1 heterocycles. The van der Waals surface area contributed by atoms with Crippen molar-refractivity contribution in [1.29, 1.82) is 0 Å². The summed E-state index contributed by atoms with van der Waals surface area (Å²) in [5, 5.41) is 0. The SMILES string of the molecule is COC(=O)c1cc(C#CCOC2CCCCO2)c(C)cc1N.COC(=O)c1cc(I)c(C)cc1N. The number of nitrogen functional groups attached to an aromatic ring is 2. The topological polar surface area (TPSA) is 123 Å². The van der Waals surface area contributed by atoms with Crippen molar-refractivity contribution in [1.82, 2.24) is 0 Å². The lowest BCUT2D eigenvalue weighted by Crippen LogP contribution is -2.22. The number of benzene rings is 2. The molecule has 35 heavy (non-hydrogen) atoms. The Labute approximate surface area is 219 Å². The number of hydrogen-bond donors (Lipinski definition) is 2. The number of rotatable bonds is 4. The minimum absolute atomic E-state index is 0.152. The van der Waals surface area contributed by atoms with Crippen LogP contribution < -0.4 is 11.5 Å². The average Bonchev–Trinajstić information content (AvgIpc) is 2.85. The standard InChI is InChI=1S/C17H21NO4.C9H10INO2/c1-12-10-15(18)14(17(19)20-2)11-13(12)6-5-9-22-16-7-3-4-8-21-16;1-5-3-8(11)6(4-7(5)10)9(12)13-2/h10-11,16H,3-4,7-9,18H2,1-2H3;3-4H,11H2,1-2H3. The molecule has 2 aromatic rings. The van der Waals surface area contributed by atoms with Gasteiger partial charge >= 0.3 is 11.9 Å². The van der Waals surface area contributed by atoms with Crippen LogP contribution in [0.2, 0.25) is 0 Å². The van der Waals surface area contributed by atoms with E-state index in [1.807, 2.05) is 13.8 Å². The van der Waals surface area contributed by atoms with Crippen molar-refractivity contribution >= 4 is 45.9 Å². The quantitative estimate of drug-likeness (QED) is 0.234. The molecular weight excluding hydrogens is 563 g/mol. The highest BCUT2D eigenvalue weighted by Gasteiger charge is 2.14. The summed E-state index contributed by atoms with van der Waals surface area (Å²) in [6.45, 7) is 4.88. The molecule has 8 nitrogen and oxygen atoms in total. The van der Waals surface area contributed by atoms with E-state index in [1.165, 1.54) is 14.2 Å². The molecule has 0 aromatic heterocycles. The van der Waals surface area contributed by atoms with Crippen LogP contribution in [0.15, 0.2) is 24.3 Å². The number of methoxy groups -OCH3 is 2. The van der Waals surface area contributed by atoms with Crippen molar-refractivity contribution in [2.24, 2.45) is 0 Å². The van der Waals surface area contributed by atoms with Crippen LogP contribution in [0.4, 0.5) is 11.4 Å². The normalized spacial score (nSPS) is 14.6. The maximum atomic E-state index is 11.6. The van der Waals surface area contributed by atoms with E-state index in [1.54, 1.807) is 24.3 Å². The summed E-state index contributed by atoms with van der Waals surface area (Å²) in [4.78, 5) is 22.8. The third kappa shape index (κ3) is 8.42. The summed E-state index contributed by atoms with van der Waals surface area (Å²) in [5.74, 6) is 5.09. The van der Waals surface area contributed by atoms with Crippen molar-refractivity contribution in [2.75, 3.05) is 38.9 Å². The third-order valence-corrected chi connectivity index (χ3v) is 6.40. The molecule has 1 atom stereocenters. The van der Waals surface area contributed by atoms with Crippen LogP contribution in [0.1, 0.15) is 56.7 Å². The summed E-state index contributed by atoms with van der Waals surface area (Å²) in [6.07, 6.45) is 2.97. The first-order chi connectivity index (χ1) is 16.7. The molecule has 1 fully saturated rings. The lowest BCUT2D eigenvalue weighted by atomic mass is 10.0. The van der Waals surface area contributed by atoms with Gasteiger partial charge in [0.15, 0.2) is 6.29 Å².